The lowest BCUT2D eigenvalue weighted by Crippen LogP contribution is -2.48. The van der Waals surface area contributed by atoms with Crippen LogP contribution in [0.5, 0.6) is 0 Å². The summed E-state index contributed by atoms with van der Waals surface area (Å²) in [7, 11) is 0. The SMILES string of the molecule is NC(=O)CSc1nnc(N2CCN(C(=O)c3ccc4ccccc4c3)CC2)s1. The van der Waals surface area contributed by atoms with E-state index in [4.69, 9.17) is 5.73 Å². The average molecular weight is 414 g/mol. The highest BCUT2D eigenvalue weighted by molar-refractivity contribution is 8.01. The van der Waals surface area contributed by atoms with Crippen molar-refractivity contribution in [2.75, 3.05) is 36.8 Å². The molecule has 0 saturated carbocycles. The minimum Gasteiger partial charge on any atom is -0.369 e. The fraction of sp³-hybridized carbons (Fsp3) is 0.263. The lowest BCUT2D eigenvalue weighted by Gasteiger charge is -2.34. The van der Waals surface area contributed by atoms with Gasteiger partial charge in [0.25, 0.3) is 5.91 Å². The molecule has 1 fully saturated rings. The van der Waals surface area contributed by atoms with Crippen LogP contribution in [0.25, 0.3) is 10.8 Å². The number of nitrogens with zero attached hydrogens (tertiary/aromatic N) is 4. The molecular weight excluding hydrogens is 394 g/mol. The molecule has 0 atom stereocenters. The molecular formula is C19H19N5O2S2. The fourth-order valence-electron chi connectivity index (χ4n) is 3.13. The maximum atomic E-state index is 12.9. The summed E-state index contributed by atoms with van der Waals surface area (Å²) in [6.07, 6.45) is 0. The maximum absolute atomic E-state index is 12.9. The van der Waals surface area contributed by atoms with E-state index in [-0.39, 0.29) is 17.6 Å². The number of piperazine rings is 1. The van der Waals surface area contributed by atoms with E-state index < -0.39 is 0 Å². The summed E-state index contributed by atoms with van der Waals surface area (Å²) < 4.78 is 0.725. The summed E-state index contributed by atoms with van der Waals surface area (Å²) in [4.78, 5) is 27.8. The van der Waals surface area contributed by atoms with Crippen LogP contribution in [0.2, 0.25) is 0 Å². The Hall–Kier alpha value is -2.65. The number of nitrogens with two attached hydrogens (primary N) is 1. The lowest BCUT2D eigenvalue weighted by atomic mass is 10.1. The lowest BCUT2D eigenvalue weighted by molar-refractivity contribution is -0.115. The number of hydrogen-bond donors (Lipinski definition) is 1. The average Bonchev–Trinajstić information content (AvgIpc) is 3.20. The van der Waals surface area contributed by atoms with Gasteiger partial charge in [-0.3, -0.25) is 9.59 Å². The summed E-state index contributed by atoms with van der Waals surface area (Å²) in [6.45, 7) is 2.67. The number of hydrogen-bond acceptors (Lipinski definition) is 7. The molecule has 2 amide bonds. The van der Waals surface area contributed by atoms with Gasteiger partial charge in [0.15, 0.2) is 4.34 Å². The Morgan fingerprint density at radius 3 is 2.54 bits per heavy atom. The van der Waals surface area contributed by atoms with Crippen LogP contribution < -0.4 is 10.6 Å². The summed E-state index contributed by atoms with van der Waals surface area (Å²) >= 11 is 2.74. The van der Waals surface area contributed by atoms with Crippen LogP contribution >= 0.6 is 23.1 Å². The van der Waals surface area contributed by atoms with Crippen LogP contribution in [0.15, 0.2) is 46.8 Å². The van der Waals surface area contributed by atoms with Gasteiger partial charge in [0, 0.05) is 31.7 Å². The number of fused-ring (bicyclic) bond motifs is 1. The summed E-state index contributed by atoms with van der Waals surface area (Å²) in [6, 6.07) is 13.9. The van der Waals surface area contributed by atoms with Crippen molar-refractivity contribution >= 4 is 50.8 Å². The Bertz CT molecular complexity index is 1010. The van der Waals surface area contributed by atoms with E-state index in [1.165, 1.54) is 23.1 Å². The Morgan fingerprint density at radius 1 is 1.04 bits per heavy atom. The molecule has 0 unspecified atom stereocenters. The first-order valence-corrected chi connectivity index (χ1v) is 10.7. The van der Waals surface area contributed by atoms with Crippen molar-refractivity contribution in [3.05, 3.63) is 48.0 Å². The molecule has 1 aliphatic rings. The largest absolute Gasteiger partial charge is 0.369 e. The Morgan fingerprint density at radius 2 is 1.79 bits per heavy atom. The molecule has 3 aromatic rings. The van der Waals surface area contributed by atoms with Crippen molar-refractivity contribution in [1.29, 1.82) is 0 Å². The van der Waals surface area contributed by atoms with Crippen molar-refractivity contribution in [3.63, 3.8) is 0 Å². The normalized spacial score (nSPS) is 14.4. The fourth-order valence-corrected chi connectivity index (χ4v) is 4.76. The molecule has 9 heteroatoms. The molecule has 2 N–H and O–H groups in total. The molecule has 0 spiro atoms. The van der Waals surface area contributed by atoms with Crippen molar-refractivity contribution in [2.24, 2.45) is 5.73 Å². The summed E-state index contributed by atoms with van der Waals surface area (Å²) in [5, 5.41) is 11.3. The molecule has 1 aromatic heterocycles. The van der Waals surface area contributed by atoms with Gasteiger partial charge in [-0.1, -0.05) is 53.4 Å². The minimum absolute atomic E-state index is 0.0559. The second-order valence-corrected chi connectivity index (χ2v) is 8.63. The van der Waals surface area contributed by atoms with Gasteiger partial charge in [-0.2, -0.15) is 0 Å². The van der Waals surface area contributed by atoms with Gasteiger partial charge in [0.2, 0.25) is 11.0 Å². The molecule has 4 rings (SSSR count). The number of anilines is 1. The molecule has 1 saturated heterocycles. The Kier molecular flexibility index (Phi) is 5.45. The minimum atomic E-state index is -0.373. The van der Waals surface area contributed by atoms with Gasteiger partial charge in [0.05, 0.1) is 5.75 Å². The second-order valence-electron chi connectivity index (χ2n) is 6.45. The van der Waals surface area contributed by atoms with Gasteiger partial charge < -0.3 is 15.5 Å². The number of primary amides is 1. The maximum Gasteiger partial charge on any atom is 0.253 e. The number of carbonyl (C=O) groups excluding carboxylic acids is 2. The van der Waals surface area contributed by atoms with Crippen LogP contribution in [-0.2, 0) is 4.79 Å². The second kappa shape index (κ2) is 8.15. The third kappa shape index (κ3) is 4.10. The van der Waals surface area contributed by atoms with E-state index in [1.807, 2.05) is 47.4 Å². The zero-order valence-electron chi connectivity index (χ0n) is 15.1. The third-order valence-corrected chi connectivity index (χ3v) is 6.71. The van der Waals surface area contributed by atoms with Gasteiger partial charge in [-0.05, 0) is 22.9 Å². The van der Waals surface area contributed by atoms with Gasteiger partial charge in [-0.25, -0.2) is 0 Å². The van der Waals surface area contributed by atoms with E-state index in [0.29, 0.717) is 31.7 Å². The van der Waals surface area contributed by atoms with Gasteiger partial charge >= 0.3 is 0 Å². The quantitative estimate of drug-likeness (QED) is 0.645. The monoisotopic (exact) mass is 413 g/mol. The molecule has 2 heterocycles. The zero-order chi connectivity index (χ0) is 19.5. The molecule has 0 aliphatic carbocycles. The molecule has 7 nitrogen and oxygen atoms in total. The zero-order valence-corrected chi connectivity index (χ0v) is 16.7. The number of amides is 2. The molecule has 1 aliphatic heterocycles. The Labute approximate surface area is 170 Å². The van der Waals surface area contributed by atoms with E-state index in [9.17, 15) is 9.59 Å². The van der Waals surface area contributed by atoms with Crippen molar-refractivity contribution in [1.82, 2.24) is 15.1 Å². The van der Waals surface area contributed by atoms with Crippen molar-refractivity contribution in [3.8, 4) is 0 Å². The first kappa shape index (κ1) is 18.7. The molecule has 0 bridgehead atoms. The highest BCUT2D eigenvalue weighted by Crippen LogP contribution is 2.28. The van der Waals surface area contributed by atoms with E-state index in [1.54, 1.807) is 0 Å². The highest BCUT2D eigenvalue weighted by Gasteiger charge is 2.24. The first-order chi connectivity index (χ1) is 13.6. The molecule has 2 aromatic carbocycles. The van der Waals surface area contributed by atoms with Crippen LogP contribution in [0.1, 0.15) is 10.4 Å². The molecule has 144 valence electrons. The number of benzene rings is 2. The predicted octanol–water partition coefficient (Wildman–Crippen LogP) is 2.23. The number of aromatic nitrogens is 2. The number of thioether (sulfide) groups is 1. The van der Waals surface area contributed by atoms with Crippen LogP contribution in [0, 0.1) is 0 Å². The summed E-state index contributed by atoms with van der Waals surface area (Å²) in [5.74, 6) is -0.120. The number of rotatable bonds is 5. The molecule has 28 heavy (non-hydrogen) atoms. The van der Waals surface area contributed by atoms with Crippen LogP contribution in [0.4, 0.5) is 5.13 Å². The molecule has 0 radical (unpaired) electrons. The van der Waals surface area contributed by atoms with Crippen LogP contribution in [-0.4, -0.2) is 58.8 Å². The Balaban J connectivity index is 1.38. The standard InChI is InChI=1S/C19H19N5O2S2/c20-16(25)12-27-19-22-21-18(28-19)24-9-7-23(8-10-24)17(26)15-6-5-13-3-1-2-4-14(13)11-15/h1-6,11H,7-10,12H2,(H2,20,25). The predicted molar refractivity (Wildman–Crippen MR) is 112 cm³/mol. The summed E-state index contributed by atoms with van der Waals surface area (Å²) in [5.41, 5.74) is 5.88. The smallest absolute Gasteiger partial charge is 0.253 e. The van der Waals surface area contributed by atoms with Crippen LogP contribution in [0.3, 0.4) is 0 Å². The van der Waals surface area contributed by atoms with E-state index in [0.717, 1.165) is 20.2 Å². The van der Waals surface area contributed by atoms with E-state index in [2.05, 4.69) is 15.1 Å². The van der Waals surface area contributed by atoms with Crippen molar-refractivity contribution in [2.45, 2.75) is 4.34 Å². The van der Waals surface area contributed by atoms with Gasteiger partial charge in [-0.15, -0.1) is 10.2 Å². The van der Waals surface area contributed by atoms with Gasteiger partial charge in [0.1, 0.15) is 0 Å². The third-order valence-electron chi connectivity index (χ3n) is 4.57. The first-order valence-electron chi connectivity index (χ1n) is 8.88. The van der Waals surface area contributed by atoms with Crippen molar-refractivity contribution < 1.29 is 9.59 Å². The topological polar surface area (TPSA) is 92.4 Å². The highest BCUT2D eigenvalue weighted by atomic mass is 32.2. The number of carbonyl (C=O) groups is 2. The van der Waals surface area contributed by atoms with E-state index >= 15 is 0 Å².